The van der Waals surface area contributed by atoms with Crippen LogP contribution in [0.1, 0.15) is 16.1 Å². The number of nitrogens with zero attached hydrogens (tertiary/aromatic N) is 5. The molecule has 1 aromatic carbocycles. The van der Waals surface area contributed by atoms with E-state index in [0.29, 0.717) is 43.3 Å². The molecule has 3 aromatic rings. The Bertz CT molecular complexity index is 1050. The van der Waals surface area contributed by atoms with E-state index in [4.69, 9.17) is 4.74 Å². The van der Waals surface area contributed by atoms with Gasteiger partial charge in [0.1, 0.15) is 0 Å². The van der Waals surface area contributed by atoms with E-state index in [1.54, 1.807) is 34.2 Å². The summed E-state index contributed by atoms with van der Waals surface area (Å²) in [5.41, 5.74) is 2.82. The smallest absolute Gasteiger partial charge is 0.253 e. The summed E-state index contributed by atoms with van der Waals surface area (Å²) in [6.07, 6.45) is 1.96. The third-order valence-corrected chi connectivity index (χ3v) is 5.23. The molecule has 3 heterocycles. The maximum Gasteiger partial charge on any atom is 0.253 e. The summed E-state index contributed by atoms with van der Waals surface area (Å²) in [7, 11) is 1.54. The van der Waals surface area contributed by atoms with E-state index < -0.39 is 0 Å². The van der Waals surface area contributed by atoms with Gasteiger partial charge in [-0.3, -0.25) is 14.6 Å². The molecular weight excluding hydrogens is 394 g/mol. The van der Waals surface area contributed by atoms with Gasteiger partial charge in [0, 0.05) is 55.3 Å². The first-order valence-electron chi connectivity index (χ1n) is 10.1. The number of carbonyl (C=O) groups is 2. The number of hydrogen-bond acceptors (Lipinski definition) is 6. The summed E-state index contributed by atoms with van der Waals surface area (Å²) in [5, 5.41) is 8.13. The summed E-state index contributed by atoms with van der Waals surface area (Å²) in [6, 6.07) is 16.4. The van der Waals surface area contributed by atoms with Crippen LogP contribution in [0, 0.1) is 0 Å². The highest BCUT2D eigenvalue weighted by molar-refractivity contribution is 5.95. The first kappa shape index (κ1) is 20.5. The molecule has 2 aromatic heterocycles. The van der Waals surface area contributed by atoms with Crippen LogP contribution in [0.3, 0.4) is 0 Å². The van der Waals surface area contributed by atoms with Crippen LogP contribution < -0.4 is 4.74 Å². The summed E-state index contributed by atoms with van der Waals surface area (Å²) in [6.45, 7) is 2.03. The van der Waals surface area contributed by atoms with E-state index in [9.17, 15) is 9.59 Å². The lowest BCUT2D eigenvalue weighted by Crippen LogP contribution is -2.51. The van der Waals surface area contributed by atoms with E-state index in [0.717, 1.165) is 11.3 Å². The molecule has 0 spiro atoms. The molecule has 0 aliphatic carbocycles. The fraction of sp³-hybridized carbons (Fsp3) is 0.261. The molecule has 2 amide bonds. The maximum absolute atomic E-state index is 13.0. The van der Waals surface area contributed by atoms with Gasteiger partial charge in [-0.2, -0.15) is 0 Å². The van der Waals surface area contributed by atoms with Gasteiger partial charge in [0.05, 0.1) is 19.2 Å². The minimum atomic E-state index is -0.0554. The second kappa shape index (κ2) is 9.34. The zero-order chi connectivity index (χ0) is 21.6. The van der Waals surface area contributed by atoms with E-state index in [1.165, 1.54) is 7.11 Å². The molecule has 0 N–H and O–H groups in total. The number of rotatable bonds is 5. The number of ether oxygens (including phenoxy) is 1. The van der Waals surface area contributed by atoms with E-state index >= 15 is 0 Å². The number of methoxy groups -OCH3 is 1. The van der Waals surface area contributed by atoms with Gasteiger partial charge in [-0.1, -0.05) is 18.2 Å². The molecular formula is C23H23N5O3. The highest BCUT2D eigenvalue weighted by atomic mass is 16.5. The summed E-state index contributed by atoms with van der Waals surface area (Å²) >= 11 is 0. The monoisotopic (exact) mass is 417 g/mol. The average molecular weight is 417 g/mol. The van der Waals surface area contributed by atoms with Crippen LogP contribution in [0.4, 0.5) is 0 Å². The second-order valence-electron chi connectivity index (χ2n) is 7.21. The van der Waals surface area contributed by atoms with Gasteiger partial charge in [-0.15, -0.1) is 10.2 Å². The van der Waals surface area contributed by atoms with Crippen molar-refractivity contribution in [3.8, 4) is 17.1 Å². The van der Waals surface area contributed by atoms with Crippen LogP contribution in [-0.4, -0.2) is 70.1 Å². The molecule has 0 atom stereocenters. The fourth-order valence-electron chi connectivity index (χ4n) is 3.51. The first-order chi connectivity index (χ1) is 15.1. The highest BCUT2D eigenvalue weighted by Gasteiger charge is 2.25. The third kappa shape index (κ3) is 4.85. The molecule has 0 radical (unpaired) electrons. The van der Waals surface area contributed by atoms with Crippen molar-refractivity contribution in [2.75, 3.05) is 33.3 Å². The number of amides is 2. The van der Waals surface area contributed by atoms with Gasteiger partial charge in [-0.05, 0) is 30.3 Å². The topological polar surface area (TPSA) is 88.5 Å². The van der Waals surface area contributed by atoms with Gasteiger partial charge >= 0.3 is 0 Å². The van der Waals surface area contributed by atoms with Crippen molar-refractivity contribution in [2.24, 2.45) is 0 Å². The van der Waals surface area contributed by atoms with Gasteiger partial charge in [0.15, 0.2) is 0 Å². The van der Waals surface area contributed by atoms with Gasteiger partial charge in [0.2, 0.25) is 11.8 Å². The van der Waals surface area contributed by atoms with Crippen LogP contribution in [0.2, 0.25) is 0 Å². The van der Waals surface area contributed by atoms with Crippen LogP contribution >= 0.6 is 0 Å². The lowest BCUT2D eigenvalue weighted by atomic mass is 10.1. The SMILES string of the molecule is COc1ccc(-c2cccc(C(=O)N3CCN(C(=O)Cc4ccccn4)CC3)c2)nn1. The average Bonchev–Trinajstić information content (AvgIpc) is 2.84. The zero-order valence-electron chi connectivity index (χ0n) is 17.3. The molecule has 0 saturated carbocycles. The highest BCUT2D eigenvalue weighted by Crippen LogP contribution is 2.20. The second-order valence-corrected chi connectivity index (χ2v) is 7.21. The van der Waals surface area contributed by atoms with Gasteiger partial charge in [-0.25, -0.2) is 0 Å². The molecule has 158 valence electrons. The Labute approximate surface area is 180 Å². The predicted molar refractivity (Wildman–Crippen MR) is 114 cm³/mol. The number of piperazine rings is 1. The van der Waals surface area contributed by atoms with Crippen molar-refractivity contribution in [1.29, 1.82) is 0 Å². The number of benzene rings is 1. The molecule has 1 saturated heterocycles. The molecule has 1 aliphatic heterocycles. The van der Waals surface area contributed by atoms with Crippen LogP contribution in [0.5, 0.6) is 5.88 Å². The van der Waals surface area contributed by atoms with E-state index in [1.807, 2.05) is 36.4 Å². The van der Waals surface area contributed by atoms with Crippen molar-refractivity contribution in [3.05, 3.63) is 72.1 Å². The summed E-state index contributed by atoms with van der Waals surface area (Å²) in [4.78, 5) is 33.3. The lowest BCUT2D eigenvalue weighted by Gasteiger charge is -2.35. The predicted octanol–water partition coefficient (Wildman–Crippen LogP) is 2.07. The number of pyridine rings is 1. The fourth-order valence-corrected chi connectivity index (χ4v) is 3.51. The van der Waals surface area contributed by atoms with Crippen molar-refractivity contribution in [1.82, 2.24) is 25.0 Å². The largest absolute Gasteiger partial charge is 0.480 e. The van der Waals surface area contributed by atoms with Gasteiger partial charge < -0.3 is 14.5 Å². The Morgan fingerprint density at radius 3 is 2.42 bits per heavy atom. The number of carbonyl (C=O) groups excluding carboxylic acids is 2. The maximum atomic E-state index is 13.0. The quantitative estimate of drug-likeness (QED) is 0.632. The number of hydrogen-bond donors (Lipinski definition) is 0. The Kier molecular flexibility index (Phi) is 6.16. The Morgan fingerprint density at radius 1 is 0.935 bits per heavy atom. The van der Waals surface area contributed by atoms with Crippen LogP contribution in [0.15, 0.2) is 60.8 Å². The van der Waals surface area contributed by atoms with Crippen molar-refractivity contribution >= 4 is 11.8 Å². The first-order valence-corrected chi connectivity index (χ1v) is 10.1. The van der Waals surface area contributed by atoms with Crippen LogP contribution in [0.25, 0.3) is 11.3 Å². The molecule has 4 rings (SSSR count). The van der Waals surface area contributed by atoms with Crippen molar-refractivity contribution in [2.45, 2.75) is 6.42 Å². The minimum Gasteiger partial charge on any atom is -0.480 e. The van der Waals surface area contributed by atoms with Crippen molar-refractivity contribution in [3.63, 3.8) is 0 Å². The van der Waals surface area contributed by atoms with E-state index in [-0.39, 0.29) is 18.2 Å². The zero-order valence-corrected chi connectivity index (χ0v) is 17.3. The third-order valence-electron chi connectivity index (χ3n) is 5.23. The lowest BCUT2D eigenvalue weighted by molar-refractivity contribution is -0.132. The van der Waals surface area contributed by atoms with Crippen molar-refractivity contribution < 1.29 is 14.3 Å². The molecule has 31 heavy (non-hydrogen) atoms. The Balaban J connectivity index is 1.38. The Hall–Kier alpha value is -3.81. The van der Waals surface area contributed by atoms with Crippen LogP contribution in [-0.2, 0) is 11.2 Å². The summed E-state index contributed by atoms with van der Waals surface area (Å²) in [5.74, 6) is 0.414. The standard InChI is InChI=1S/C23H23N5O3/c1-31-21-9-8-20(25-26-21)17-5-4-6-18(15-17)23(30)28-13-11-27(12-14-28)22(29)16-19-7-2-3-10-24-19/h2-10,15H,11-14,16H2,1H3. The molecule has 1 aliphatic rings. The summed E-state index contributed by atoms with van der Waals surface area (Å²) < 4.78 is 5.04. The molecule has 8 heteroatoms. The Morgan fingerprint density at radius 2 is 1.74 bits per heavy atom. The normalized spacial score (nSPS) is 13.7. The molecule has 0 unspecified atom stereocenters. The molecule has 8 nitrogen and oxygen atoms in total. The molecule has 0 bridgehead atoms. The molecule has 1 fully saturated rings. The minimum absolute atomic E-state index is 0.0332. The number of aromatic nitrogens is 3. The van der Waals surface area contributed by atoms with Gasteiger partial charge in [0.25, 0.3) is 5.91 Å². The van der Waals surface area contributed by atoms with E-state index in [2.05, 4.69) is 15.2 Å².